The summed E-state index contributed by atoms with van der Waals surface area (Å²) in [6.45, 7) is 8.58. The van der Waals surface area contributed by atoms with Crippen molar-refractivity contribution in [3.8, 4) is 0 Å². The fraction of sp³-hybridized carbons (Fsp3) is 0.455. The number of sulfonamides is 1. The molecule has 0 saturated heterocycles. The highest BCUT2D eigenvalue weighted by Gasteiger charge is 2.23. The van der Waals surface area contributed by atoms with Crippen LogP contribution in [-0.4, -0.2) is 62.5 Å². The first kappa shape index (κ1) is 24.8. The molecule has 0 spiro atoms. The van der Waals surface area contributed by atoms with Gasteiger partial charge in [-0.1, -0.05) is 19.9 Å². The number of carbonyl (C=O) groups excluding carboxylic acids is 2. The molecule has 0 unspecified atom stereocenters. The second-order valence-electron chi connectivity index (χ2n) is 7.05. The maximum absolute atomic E-state index is 12.7. The SMILES string of the molecule is CCN(CC)S(=O)(=O)c1cccc(C(=O)OCC(=O)c2cc(C)n(CCOC)c2C)c1. The molecule has 2 rings (SSSR count). The minimum atomic E-state index is -3.70. The number of nitrogens with zero attached hydrogens (tertiary/aromatic N) is 2. The molecule has 1 aromatic carbocycles. The number of esters is 1. The minimum absolute atomic E-state index is 0.0127. The zero-order valence-electron chi connectivity index (χ0n) is 18.7. The molecule has 31 heavy (non-hydrogen) atoms. The molecular weight excluding hydrogens is 420 g/mol. The summed E-state index contributed by atoms with van der Waals surface area (Å²) in [6, 6.07) is 7.42. The average Bonchev–Trinajstić information content (AvgIpc) is 3.04. The number of aromatic nitrogens is 1. The number of hydrogen-bond acceptors (Lipinski definition) is 6. The number of Topliss-reactive ketones (excluding diaryl/α,β-unsaturated/α-hetero) is 1. The van der Waals surface area contributed by atoms with E-state index in [-0.39, 0.29) is 16.2 Å². The number of rotatable bonds is 11. The molecule has 0 aliphatic heterocycles. The van der Waals surface area contributed by atoms with E-state index in [4.69, 9.17) is 9.47 Å². The summed E-state index contributed by atoms with van der Waals surface area (Å²) in [5.74, 6) is -1.07. The summed E-state index contributed by atoms with van der Waals surface area (Å²) >= 11 is 0. The molecule has 0 N–H and O–H groups in total. The van der Waals surface area contributed by atoms with E-state index in [0.717, 1.165) is 11.4 Å². The summed E-state index contributed by atoms with van der Waals surface area (Å²) in [6.07, 6.45) is 0. The number of carbonyl (C=O) groups is 2. The van der Waals surface area contributed by atoms with Crippen LogP contribution in [0.15, 0.2) is 35.2 Å². The van der Waals surface area contributed by atoms with Crippen LogP contribution in [0.4, 0.5) is 0 Å². The number of aryl methyl sites for hydroxylation is 1. The molecule has 0 aliphatic rings. The third-order valence-electron chi connectivity index (χ3n) is 5.14. The van der Waals surface area contributed by atoms with Crippen LogP contribution in [0.5, 0.6) is 0 Å². The summed E-state index contributed by atoms with van der Waals surface area (Å²) in [5, 5.41) is 0. The Balaban J connectivity index is 2.13. The molecule has 170 valence electrons. The van der Waals surface area contributed by atoms with Crippen LogP contribution >= 0.6 is 0 Å². The highest BCUT2D eigenvalue weighted by molar-refractivity contribution is 7.89. The number of ether oxygens (including phenoxy) is 2. The maximum Gasteiger partial charge on any atom is 0.338 e. The molecule has 0 amide bonds. The molecule has 8 nitrogen and oxygen atoms in total. The van der Waals surface area contributed by atoms with E-state index in [1.807, 2.05) is 18.4 Å². The zero-order chi connectivity index (χ0) is 23.2. The molecule has 9 heteroatoms. The average molecular weight is 451 g/mol. The normalized spacial score (nSPS) is 11.7. The predicted molar refractivity (Wildman–Crippen MR) is 117 cm³/mol. The molecule has 2 aromatic rings. The first-order valence-corrected chi connectivity index (χ1v) is 11.6. The fourth-order valence-corrected chi connectivity index (χ4v) is 4.90. The van der Waals surface area contributed by atoms with Crippen LogP contribution in [0, 0.1) is 13.8 Å². The molecule has 0 fully saturated rings. The van der Waals surface area contributed by atoms with Crippen LogP contribution in [0.1, 0.15) is 46.0 Å². The Morgan fingerprint density at radius 2 is 1.77 bits per heavy atom. The number of hydrogen-bond donors (Lipinski definition) is 0. The van der Waals surface area contributed by atoms with E-state index >= 15 is 0 Å². The Hall–Kier alpha value is -2.49. The van der Waals surface area contributed by atoms with Crippen molar-refractivity contribution in [2.45, 2.75) is 39.1 Å². The largest absolute Gasteiger partial charge is 0.454 e. The van der Waals surface area contributed by atoms with Crippen molar-refractivity contribution in [2.75, 3.05) is 33.4 Å². The standard InChI is InChI=1S/C22H30N2O6S/c1-6-23(7-2)31(27,28)19-10-8-9-18(14-19)22(26)30-15-21(25)20-13-16(3)24(17(20)4)11-12-29-5/h8-10,13-14H,6-7,11-12,15H2,1-5H3. The second-order valence-corrected chi connectivity index (χ2v) is 8.98. The Morgan fingerprint density at radius 1 is 1.10 bits per heavy atom. The quantitative estimate of drug-likeness (QED) is 0.386. The topological polar surface area (TPSA) is 94.9 Å². The van der Waals surface area contributed by atoms with Gasteiger partial charge >= 0.3 is 5.97 Å². The van der Waals surface area contributed by atoms with Gasteiger partial charge in [0.15, 0.2) is 6.61 Å². The fourth-order valence-electron chi connectivity index (χ4n) is 3.40. The van der Waals surface area contributed by atoms with Crippen molar-refractivity contribution >= 4 is 21.8 Å². The van der Waals surface area contributed by atoms with Crippen molar-refractivity contribution < 1.29 is 27.5 Å². The molecular formula is C22H30N2O6S. The monoisotopic (exact) mass is 450 g/mol. The smallest absolute Gasteiger partial charge is 0.338 e. The van der Waals surface area contributed by atoms with E-state index in [1.165, 1.54) is 28.6 Å². The van der Waals surface area contributed by atoms with E-state index in [2.05, 4.69) is 0 Å². The number of methoxy groups -OCH3 is 1. The van der Waals surface area contributed by atoms with Crippen LogP contribution in [-0.2, 0) is 26.0 Å². The lowest BCUT2D eigenvalue weighted by Crippen LogP contribution is -2.30. The first-order chi connectivity index (χ1) is 14.7. The van der Waals surface area contributed by atoms with Gasteiger partial charge in [0.25, 0.3) is 0 Å². The minimum Gasteiger partial charge on any atom is -0.454 e. The Bertz CT molecular complexity index is 1040. The highest BCUT2D eigenvalue weighted by Crippen LogP contribution is 2.19. The van der Waals surface area contributed by atoms with Gasteiger partial charge in [0.1, 0.15) is 0 Å². The van der Waals surface area contributed by atoms with Gasteiger partial charge in [0.05, 0.1) is 17.1 Å². The maximum atomic E-state index is 12.7. The number of ketones is 1. The van der Waals surface area contributed by atoms with Gasteiger partial charge in [0, 0.05) is 43.7 Å². The van der Waals surface area contributed by atoms with Crippen LogP contribution in [0.25, 0.3) is 0 Å². The van der Waals surface area contributed by atoms with Crippen LogP contribution in [0.2, 0.25) is 0 Å². The van der Waals surface area contributed by atoms with Crippen LogP contribution < -0.4 is 0 Å². The Morgan fingerprint density at radius 3 is 2.39 bits per heavy atom. The lowest BCUT2D eigenvalue weighted by atomic mass is 10.1. The lowest BCUT2D eigenvalue weighted by molar-refractivity contribution is 0.0474. The van der Waals surface area contributed by atoms with E-state index in [9.17, 15) is 18.0 Å². The summed E-state index contributed by atoms with van der Waals surface area (Å²) in [7, 11) is -2.09. The van der Waals surface area contributed by atoms with Gasteiger partial charge in [-0.2, -0.15) is 4.31 Å². The van der Waals surface area contributed by atoms with Crippen molar-refractivity contribution in [3.05, 3.63) is 52.8 Å². The second kappa shape index (κ2) is 10.7. The van der Waals surface area contributed by atoms with Crippen LogP contribution in [0.3, 0.4) is 0 Å². The van der Waals surface area contributed by atoms with Crippen molar-refractivity contribution in [1.82, 2.24) is 8.87 Å². The predicted octanol–water partition coefficient (Wildman–Crippen LogP) is 2.82. The Kier molecular flexibility index (Phi) is 8.55. The summed E-state index contributed by atoms with van der Waals surface area (Å²) in [4.78, 5) is 25.1. The Labute approximate surface area is 183 Å². The van der Waals surface area contributed by atoms with Gasteiger partial charge in [0.2, 0.25) is 15.8 Å². The molecule has 0 atom stereocenters. The lowest BCUT2D eigenvalue weighted by Gasteiger charge is -2.18. The molecule has 0 bridgehead atoms. The van der Waals surface area contributed by atoms with Gasteiger partial charge < -0.3 is 14.0 Å². The molecule has 1 aromatic heterocycles. The van der Waals surface area contributed by atoms with Gasteiger partial charge in [-0.3, -0.25) is 4.79 Å². The third kappa shape index (κ3) is 5.61. The van der Waals surface area contributed by atoms with Gasteiger partial charge in [-0.25, -0.2) is 13.2 Å². The molecule has 0 radical (unpaired) electrons. The van der Waals surface area contributed by atoms with E-state index in [0.29, 0.717) is 31.8 Å². The number of benzene rings is 1. The van der Waals surface area contributed by atoms with Crippen molar-refractivity contribution in [3.63, 3.8) is 0 Å². The van der Waals surface area contributed by atoms with Crippen molar-refractivity contribution in [1.29, 1.82) is 0 Å². The van der Waals surface area contributed by atoms with Gasteiger partial charge in [-0.05, 0) is 38.1 Å². The molecule has 0 saturated carbocycles. The summed E-state index contributed by atoms with van der Waals surface area (Å²) < 4.78 is 38.9. The first-order valence-electron chi connectivity index (χ1n) is 10.1. The third-order valence-corrected chi connectivity index (χ3v) is 7.19. The van der Waals surface area contributed by atoms with Crippen molar-refractivity contribution in [2.24, 2.45) is 0 Å². The van der Waals surface area contributed by atoms with E-state index < -0.39 is 22.6 Å². The zero-order valence-corrected chi connectivity index (χ0v) is 19.5. The van der Waals surface area contributed by atoms with E-state index in [1.54, 1.807) is 27.0 Å². The van der Waals surface area contributed by atoms with Gasteiger partial charge in [-0.15, -0.1) is 0 Å². The molecule has 1 heterocycles. The molecule has 0 aliphatic carbocycles. The highest BCUT2D eigenvalue weighted by atomic mass is 32.2. The summed E-state index contributed by atoms with van der Waals surface area (Å²) in [5.41, 5.74) is 2.26.